The van der Waals surface area contributed by atoms with Gasteiger partial charge in [-0.2, -0.15) is 0 Å². The Morgan fingerprint density at radius 2 is 1.73 bits per heavy atom. The third-order valence-electron chi connectivity index (χ3n) is 1.86. The second kappa shape index (κ2) is 5.41. The highest BCUT2D eigenvalue weighted by atomic mass is 127. The van der Waals surface area contributed by atoms with Crippen LogP contribution in [0.5, 0.6) is 0 Å². The Labute approximate surface area is 85.3 Å². The van der Waals surface area contributed by atoms with Gasteiger partial charge in [0.1, 0.15) is 5.78 Å². The fraction of sp³-hybridized carbons (Fsp3) is 0.875. The maximum atomic E-state index is 11.4. The first-order valence-corrected chi connectivity index (χ1v) is 7.24. The van der Waals surface area contributed by atoms with Gasteiger partial charge in [0.05, 0.1) is 0 Å². The zero-order valence-electron chi connectivity index (χ0n) is 7.43. The van der Waals surface area contributed by atoms with E-state index in [2.05, 4.69) is 28.1 Å². The van der Waals surface area contributed by atoms with E-state index < -0.39 is 0 Å². The number of carbonyl (C=O) groups excluding carboxylic acids is 1. The zero-order valence-corrected chi connectivity index (χ0v) is 10.4. The predicted molar refractivity (Wildman–Crippen MR) is 60.1 cm³/mol. The van der Waals surface area contributed by atoms with Crippen LogP contribution in [-0.2, 0) is 4.79 Å². The highest BCUT2D eigenvalue weighted by Crippen LogP contribution is 2.27. The fourth-order valence-electron chi connectivity index (χ4n) is 0.834. The van der Waals surface area contributed by atoms with E-state index in [1.54, 1.807) is 8.93 Å². The summed E-state index contributed by atoms with van der Waals surface area (Å²) in [4.78, 5) is 11.4. The molecule has 11 heavy (non-hydrogen) atoms. The molecule has 2 unspecified atom stereocenters. The van der Waals surface area contributed by atoms with Crippen molar-refractivity contribution in [2.45, 2.75) is 32.9 Å². The molecule has 0 rings (SSSR count). The minimum Gasteiger partial charge on any atom is -0.299 e. The van der Waals surface area contributed by atoms with Gasteiger partial charge in [0, 0.05) is 17.1 Å². The van der Waals surface area contributed by atoms with Crippen LogP contribution in [0.25, 0.3) is 0 Å². The highest BCUT2D eigenvalue weighted by molar-refractivity contribution is 14.2. The molecule has 0 aliphatic heterocycles. The number of Topliss-reactive ketones (excluding diaryl/α,β-unsaturated/α-hetero) is 1. The lowest BCUT2D eigenvalue weighted by Gasteiger charge is -2.17. The maximum Gasteiger partial charge on any atom is 0.139 e. The Morgan fingerprint density at radius 3 is 2.00 bits per heavy atom. The Hall–Kier alpha value is 0.750. The van der Waals surface area contributed by atoms with Gasteiger partial charge in [-0.3, -0.25) is 4.79 Å². The Kier molecular flexibility index (Phi) is 5.77. The van der Waals surface area contributed by atoms with Gasteiger partial charge < -0.3 is 0 Å². The average molecular weight is 286 g/mol. The van der Waals surface area contributed by atoms with E-state index in [4.69, 9.17) is 0 Å². The summed E-state index contributed by atoms with van der Waals surface area (Å²) in [5.74, 6) is 0.745. The average Bonchev–Trinajstić information content (AvgIpc) is 2.00. The highest BCUT2D eigenvalue weighted by Gasteiger charge is 2.21. The summed E-state index contributed by atoms with van der Waals surface area (Å²) in [6, 6.07) is 0. The molecule has 0 bridgehead atoms. The Bertz CT molecular complexity index is 136. The predicted octanol–water partition coefficient (Wildman–Crippen LogP) is 3.32. The maximum absolute atomic E-state index is 11.4. The number of hydrogen-bond donors (Lipinski definition) is 0. The standard InChI is InChI=1S/C8H15IOS/c1-5(2)8(10)6(3)7(4)11-9/h5-7H,1-4H3. The summed E-state index contributed by atoms with van der Waals surface area (Å²) in [6.07, 6.45) is 0. The Morgan fingerprint density at radius 1 is 1.27 bits per heavy atom. The van der Waals surface area contributed by atoms with Gasteiger partial charge in [0.2, 0.25) is 0 Å². The Balaban J connectivity index is 4.02. The molecular weight excluding hydrogens is 271 g/mol. The number of rotatable bonds is 4. The lowest BCUT2D eigenvalue weighted by atomic mass is 9.95. The van der Waals surface area contributed by atoms with Crippen LogP contribution < -0.4 is 0 Å². The van der Waals surface area contributed by atoms with Crippen LogP contribution in [0.3, 0.4) is 0 Å². The van der Waals surface area contributed by atoms with Crippen molar-refractivity contribution in [3.8, 4) is 0 Å². The molecule has 0 saturated carbocycles. The van der Waals surface area contributed by atoms with E-state index in [1.165, 1.54) is 0 Å². The molecule has 0 aliphatic carbocycles. The number of carbonyl (C=O) groups is 1. The lowest BCUT2D eigenvalue weighted by Crippen LogP contribution is -2.24. The van der Waals surface area contributed by atoms with E-state index >= 15 is 0 Å². The normalized spacial score (nSPS) is 16.5. The largest absolute Gasteiger partial charge is 0.299 e. The summed E-state index contributed by atoms with van der Waals surface area (Å²) in [5.41, 5.74) is 0. The van der Waals surface area contributed by atoms with E-state index in [-0.39, 0.29) is 11.8 Å². The molecule has 0 radical (unpaired) electrons. The zero-order chi connectivity index (χ0) is 9.02. The molecule has 0 aromatic rings. The second-order valence-electron chi connectivity index (χ2n) is 3.14. The van der Waals surface area contributed by atoms with Crippen LogP contribution >= 0.6 is 30.1 Å². The van der Waals surface area contributed by atoms with Gasteiger partial charge in [-0.05, 0) is 21.2 Å². The molecule has 0 heterocycles. The molecule has 0 N–H and O–H groups in total. The smallest absolute Gasteiger partial charge is 0.139 e. The van der Waals surface area contributed by atoms with Crippen LogP contribution in [-0.4, -0.2) is 11.0 Å². The van der Waals surface area contributed by atoms with E-state index in [0.29, 0.717) is 11.0 Å². The molecule has 0 amide bonds. The number of halogens is 1. The monoisotopic (exact) mass is 286 g/mol. The molecule has 0 aromatic heterocycles. The molecule has 0 fully saturated rings. The van der Waals surface area contributed by atoms with Crippen molar-refractivity contribution >= 4 is 35.9 Å². The summed E-state index contributed by atoms with van der Waals surface area (Å²) >= 11 is 2.25. The van der Waals surface area contributed by atoms with Crippen LogP contribution in [0.2, 0.25) is 0 Å². The van der Waals surface area contributed by atoms with Crippen molar-refractivity contribution in [3.05, 3.63) is 0 Å². The van der Waals surface area contributed by atoms with Crippen molar-refractivity contribution in [1.29, 1.82) is 0 Å². The first-order chi connectivity index (χ1) is 5.00. The second-order valence-corrected chi connectivity index (χ2v) is 5.59. The molecule has 66 valence electrons. The molecule has 0 saturated heterocycles. The molecule has 3 heteroatoms. The summed E-state index contributed by atoms with van der Waals surface area (Å²) in [6.45, 7) is 8.04. The molecule has 2 atom stereocenters. The van der Waals surface area contributed by atoms with E-state index in [0.717, 1.165) is 0 Å². The van der Waals surface area contributed by atoms with Gasteiger partial charge in [-0.1, -0.05) is 36.6 Å². The van der Waals surface area contributed by atoms with Gasteiger partial charge in [0.15, 0.2) is 0 Å². The summed E-state index contributed by atoms with van der Waals surface area (Å²) < 4.78 is 0. The first-order valence-electron chi connectivity index (χ1n) is 3.81. The quantitative estimate of drug-likeness (QED) is 0.737. The molecule has 0 aliphatic rings. The van der Waals surface area contributed by atoms with Crippen molar-refractivity contribution in [2.24, 2.45) is 11.8 Å². The third-order valence-corrected chi connectivity index (χ3v) is 4.96. The van der Waals surface area contributed by atoms with Crippen molar-refractivity contribution in [1.82, 2.24) is 0 Å². The van der Waals surface area contributed by atoms with Gasteiger partial charge >= 0.3 is 0 Å². The van der Waals surface area contributed by atoms with Crippen LogP contribution in [0.1, 0.15) is 27.7 Å². The minimum atomic E-state index is 0.177. The van der Waals surface area contributed by atoms with E-state index in [9.17, 15) is 4.79 Å². The SMILES string of the molecule is CC(C)C(=O)C(C)C(C)SI. The number of hydrogen-bond acceptors (Lipinski definition) is 2. The van der Waals surface area contributed by atoms with Crippen LogP contribution in [0.15, 0.2) is 0 Å². The summed E-state index contributed by atoms with van der Waals surface area (Å²) in [5, 5.41) is 0.436. The molecule has 0 aromatic carbocycles. The van der Waals surface area contributed by atoms with Crippen molar-refractivity contribution in [2.75, 3.05) is 0 Å². The third kappa shape index (κ3) is 3.78. The van der Waals surface area contributed by atoms with Gasteiger partial charge in [0.25, 0.3) is 0 Å². The van der Waals surface area contributed by atoms with Crippen molar-refractivity contribution in [3.63, 3.8) is 0 Å². The van der Waals surface area contributed by atoms with Gasteiger partial charge in [-0.15, -0.1) is 0 Å². The number of ketones is 1. The summed E-state index contributed by atoms with van der Waals surface area (Å²) in [7, 11) is 1.73. The molecule has 1 nitrogen and oxygen atoms in total. The topological polar surface area (TPSA) is 17.1 Å². The fourth-order valence-corrected chi connectivity index (χ4v) is 2.44. The lowest BCUT2D eigenvalue weighted by molar-refractivity contribution is -0.125. The molecule has 0 spiro atoms. The van der Waals surface area contributed by atoms with Crippen LogP contribution in [0, 0.1) is 11.8 Å². The van der Waals surface area contributed by atoms with Crippen LogP contribution in [0.4, 0.5) is 0 Å². The van der Waals surface area contributed by atoms with Gasteiger partial charge in [-0.25, -0.2) is 0 Å². The molecular formula is C8H15IOS. The van der Waals surface area contributed by atoms with Crippen molar-refractivity contribution < 1.29 is 4.79 Å². The van der Waals surface area contributed by atoms with E-state index in [1.807, 2.05) is 20.8 Å². The minimum absolute atomic E-state index is 0.177. The first kappa shape index (κ1) is 11.8.